The van der Waals surface area contributed by atoms with Crippen LogP contribution in [0.1, 0.15) is 91.4 Å². The summed E-state index contributed by atoms with van der Waals surface area (Å²) in [5.74, 6) is -0.138. The maximum absolute atomic E-state index is 13.4. The van der Waals surface area contributed by atoms with Gasteiger partial charge >= 0.3 is 21.7 Å². The minimum atomic E-state index is -5.78. The third-order valence-electron chi connectivity index (χ3n) is 6.88. The fourth-order valence-corrected chi connectivity index (χ4v) is 5.94. The minimum Gasteiger partial charge on any atom is -0.444 e. The first kappa shape index (κ1) is 26.2. The van der Waals surface area contributed by atoms with E-state index >= 15 is 0 Å². The molecule has 1 aliphatic heterocycles. The van der Waals surface area contributed by atoms with E-state index in [-0.39, 0.29) is 24.0 Å². The lowest BCUT2D eigenvalue weighted by Gasteiger charge is -2.48. The van der Waals surface area contributed by atoms with E-state index in [2.05, 4.69) is 4.18 Å². The van der Waals surface area contributed by atoms with Crippen molar-refractivity contribution in [1.29, 1.82) is 0 Å². The van der Waals surface area contributed by atoms with Gasteiger partial charge in [0.2, 0.25) is 0 Å². The molecule has 0 spiro atoms. The van der Waals surface area contributed by atoms with Gasteiger partial charge in [-0.2, -0.15) is 21.6 Å². The van der Waals surface area contributed by atoms with Crippen LogP contribution in [-0.4, -0.2) is 42.6 Å². The van der Waals surface area contributed by atoms with Gasteiger partial charge in [-0.1, -0.05) is 38.5 Å². The summed E-state index contributed by atoms with van der Waals surface area (Å²) >= 11 is 0. The molecule has 2 fully saturated rings. The van der Waals surface area contributed by atoms with Gasteiger partial charge in [-0.3, -0.25) is 4.90 Å². The van der Waals surface area contributed by atoms with Gasteiger partial charge in [-0.05, 0) is 64.4 Å². The number of hydrogen-bond acceptors (Lipinski definition) is 5. The summed E-state index contributed by atoms with van der Waals surface area (Å²) < 4.78 is 73.1. The molecule has 0 radical (unpaired) electrons. The van der Waals surface area contributed by atoms with Crippen molar-refractivity contribution in [2.24, 2.45) is 11.8 Å². The summed E-state index contributed by atoms with van der Waals surface area (Å²) in [7, 11) is -5.78. The second-order valence-corrected chi connectivity index (χ2v) is 12.1. The van der Waals surface area contributed by atoms with Crippen LogP contribution in [0.4, 0.5) is 18.0 Å². The van der Waals surface area contributed by atoms with Gasteiger partial charge in [0.05, 0.1) is 6.04 Å². The Hall–Kier alpha value is -1.45. The SMILES string of the molecule is CC(C)(C)OC(=O)N1[C@@H](C2CCCCC2)CC(OS(=O)(=O)C(F)(F)F)=C[C@H]1C1CCCCC1. The predicted molar refractivity (Wildman–Crippen MR) is 118 cm³/mol. The monoisotopic (exact) mass is 495 g/mol. The molecule has 0 aromatic heterocycles. The number of ether oxygens (including phenoxy) is 1. The van der Waals surface area contributed by atoms with Crippen molar-refractivity contribution in [2.45, 2.75) is 115 Å². The summed E-state index contributed by atoms with van der Waals surface area (Å²) in [6.45, 7) is 5.33. The van der Waals surface area contributed by atoms with E-state index in [0.29, 0.717) is 0 Å². The zero-order valence-corrected chi connectivity index (χ0v) is 20.5. The zero-order chi connectivity index (χ0) is 24.4. The van der Waals surface area contributed by atoms with Crippen LogP contribution in [0.2, 0.25) is 0 Å². The molecular formula is C23H36F3NO5S. The Balaban J connectivity index is 2.01. The number of halogens is 3. The molecule has 6 nitrogen and oxygen atoms in total. The first-order valence-corrected chi connectivity index (χ1v) is 13.4. The molecule has 3 rings (SSSR count). The third-order valence-corrected chi connectivity index (χ3v) is 7.88. The molecule has 2 saturated carbocycles. The standard InChI is InChI=1S/C23H36F3NO5S/c1-22(2,3)31-21(28)27-19(16-10-6-4-7-11-16)14-18(32-33(29,30)23(24,25)26)15-20(27)17-12-8-5-9-13-17/h14,16-17,19-20H,4-13,15H2,1-3H3/t19-,20+/m0/s1. The Morgan fingerprint density at radius 3 is 1.94 bits per heavy atom. The lowest BCUT2D eigenvalue weighted by Crippen LogP contribution is -2.56. The predicted octanol–water partition coefficient (Wildman–Crippen LogP) is 6.28. The maximum Gasteiger partial charge on any atom is 0.534 e. The highest BCUT2D eigenvalue weighted by molar-refractivity contribution is 7.87. The van der Waals surface area contributed by atoms with Crippen molar-refractivity contribution in [2.75, 3.05) is 0 Å². The highest BCUT2D eigenvalue weighted by Crippen LogP contribution is 2.42. The largest absolute Gasteiger partial charge is 0.534 e. The Kier molecular flexibility index (Phi) is 7.96. The molecule has 0 N–H and O–H groups in total. The Morgan fingerprint density at radius 1 is 0.939 bits per heavy atom. The lowest BCUT2D eigenvalue weighted by atomic mass is 9.76. The van der Waals surface area contributed by atoms with Gasteiger partial charge in [-0.25, -0.2) is 4.79 Å². The lowest BCUT2D eigenvalue weighted by molar-refractivity contribution is -0.0537. The maximum atomic E-state index is 13.4. The summed E-state index contributed by atoms with van der Waals surface area (Å²) in [4.78, 5) is 15.1. The molecule has 0 saturated heterocycles. The molecule has 0 bridgehead atoms. The normalized spacial score (nSPS) is 26.6. The number of nitrogens with zero attached hydrogens (tertiary/aromatic N) is 1. The van der Waals surface area contributed by atoms with Crippen molar-refractivity contribution >= 4 is 16.2 Å². The molecule has 33 heavy (non-hydrogen) atoms. The van der Waals surface area contributed by atoms with Crippen LogP contribution < -0.4 is 0 Å². The Bertz CT molecular complexity index is 822. The van der Waals surface area contributed by atoms with Gasteiger partial charge in [0.1, 0.15) is 11.4 Å². The second kappa shape index (κ2) is 10.0. The quantitative estimate of drug-likeness (QED) is 0.339. The smallest absolute Gasteiger partial charge is 0.444 e. The third kappa shape index (κ3) is 6.57. The number of rotatable bonds is 4. The van der Waals surface area contributed by atoms with Crippen LogP contribution >= 0.6 is 0 Å². The average Bonchev–Trinajstić information content (AvgIpc) is 2.72. The van der Waals surface area contributed by atoms with E-state index in [1.807, 2.05) is 0 Å². The van der Waals surface area contributed by atoms with Crippen molar-refractivity contribution in [3.8, 4) is 0 Å². The highest BCUT2D eigenvalue weighted by atomic mass is 32.2. The van der Waals surface area contributed by atoms with Crippen LogP contribution in [0.25, 0.3) is 0 Å². The average molecular weight is 496 g/mol. The van der Waals surface area contributed by atoms with Gasteiger partial charge in [0.25, 0.3) is 0 Å². The molecular weight excluding hydrogens is 459 g/mol. The molecule has 10 heteroatoms. The van der Waals surface area contributed by atoms with Gasteiger partial charge in [-0.15, -0.1) is 0 Å². The van der Waals surface area contributed by atoms with Crippen LogP contribution in [0.3, 0.4) is 0 Å². The van der Waals surface area contributed by atoms with Crippen molar-refractivity contribution in [3.63, 3.8) is 0 Å². The molecule has 2 atom stereocenters. The summed E-state index contributed by atoms with van der Waals surface area (Å²) in [6, 6.07) is -1.02. The van der Waals surface area contributed by atoms with E-state index in [4.69, 9.17) is 4.74 Å². The molecule has 0 unspecified atom stereocenters. The van der Waals surface area contributed by atoms with Crippen molar-refractivity contribution in [3.05, 3.63) is 11.8 Å². The van der Waals surface area contributed by atoms with E-state index in [1.165, 1.54) is 6.08 Å². The number of alkyl halides is 3. The number of carbonyl (C=O) groups excluding carboxylic acids is 1. The van der Waals surface area contributed by atoms with Crippen LogP contribution in [0.5, 0.6) is 0 Å². The Morgan fingerprint density at radius 2 is 1.45 bits per heavy atom. The number of carbonyl (C=O) groups is 1. The molecule has 1 heterocycles. The van der Waals surface area contributed by atoms with Crippen molar-refractivity contribution < 1.29 is 35.3 Å². The van der Waals surface area contributed by atoms with E-state index < -0.39 is 39.4 Å². The zero-order valence-electron chi connectivity index (χ0n) is 19.7. The molecule has 1 amide bonds. The fraction of sp³-hybridized carbons (Fsp3) is 0.870. The summed E-state index contributed by atoms with van der Waals surface area (Å²) in [5.41, 5.74) is -6.23. The minimum absolute atomic E-state index is 0.0184. The number of amides is 1. The molecule has 3 aliphatic rings. The summed E-state index contributed by atoms with van der Waals surface area (Å²) in [5, 5.41) is 0. The number of hydrogen-bond donors (Lipinski definition) is 0. The van der Waals surface area contributed by atoms with E-state index in [1.54, 1.807) is 25.7 Å². The molecule has 0 aromatic rings. The molecule has 0 aromatic carbocycles. The van der Waals surface area contributed by atoms with E-state index in [9.17, 15) is 26.4 Å². The van der Waals surface area contributed by atoms with Crippen molar-refractivity contribution in [1.82, 2.24) is 4.90 Å². The van der Waals surface area contributed by atoms with Gasteiger partial charge in [0.15, 0.2) is 0 Å². The first-order valence-electron chi connectivity index (χ1n) is 12.0. The van der Waals surface area contributed by atoms with Crippen LogP contribution in [0, 0.1) is 11.8 Å². The van der Waals surface area contributed by atoms with Gasteiger partial charge < -0.3 is 8.92 Å². The van der Waals surface area contributed by atoms with E-state index in [0.717, 1.165) is 64.2 Å². The van der Waals surface area contributed by atoms with Crippen LogP contribution in [0.15, 0.2) is 11.8 Å². The fourth-order valence-electron chi connectivity index (χ4n) is 5.44. The molecule has 190 valence electrons. The topological polar surface area (TPSA) is 72.9 Å². The Labute approximate surface area is 195 Å². The highest BCUT2D eigenvalue weighted by Gasteiger charge is 2.51. The molecule has 2 aliphatic carbocycles. The second-order valence-electron chi connectivity index (χ2n) is 10.6. The van der Waals surface area contributed by atoms with Gasteiger partial charge in [0, 0.05) is 12.5 Å². The first-order chi connectivity index (χ1) is 15.3. The summed E-state index contributed by atoms with van der Waals surface area (Å²) in [6.07, 6.45) is 10.2. The van der Waals surface area contributed by atoms with Crippen LogP contribution in [-0.2, 0) is 19.0 Å².